The van der Waals surface area contributed by atoms with E-state index in [1.807, 2.05) is 66.9 Å². The molecule has 0 aliphatic heterocycles. The standard InChI is InChI=1S/C19H20N4O2/c24-19(15-25-14-17-9-5-2-6-10-17)20-11-18-13-23(22-21-18)12-16-7-3-1-4-8-16/h1-10,13H,11-12,14-15H2,(H,20,24). The van der Waals surface area contributed by atoms with Gasteiger partial charge in [0.2, 0.25) is 5.91 Å². The number of carbonyl (C=O) groups excluding carboxylic acids is 1. The molecule has 1 heterocycles. The van der Waals surface area contributed by atoms with Gasteiger partial charge in [-0.2, -0.15) is 0 Å². The van der Waals surface area contributed by atoms with Crippen LogP contribution in [0.5, 0.6) is 0 Å². The van der Waals surface area contributed by atoms with Gasteiger partial charge in [-0.1, -0.05) is 65.9 Å². The maximum atomic E-state index is 11.8. The first-order valence-corrected chi connectivity index (χ1v) is 8.11. The second-order valence-electron chi connectivity index (χ2n) is 5.65. The van der Waals surface area contributed by atoms with Crippen LogP contribution in [0.15, 0.2) is 66.9 Å². The van der Waals surface area contributed by atoms with Crippen molar-refractivity contribution in [1.82, 2.24) is 20.3 Å². The summed E-state index contributed by atoms with van der Waals surface area (Å²) in [5, 5.41) is 10.9. The molecule has 0 saturated carbocycles. The molecule has 0 spiro atoms. The average molecular weight is 336 g/mol. The van der Waals surface area contributed by atoms with Crippen LogP contribution in [0.25, 0.3) is 0 Å². The third-order valence-corrected chi connectivity index (χ3v) is 3.58. The summed E-state index contributed by atoms with van der Waals surface area (Å²) in [6.45, 7) is 1.43. The molecular weight excluding hydrogens is 316 g/mol. The van der Waals surface area contributed by atoms with Crippen molar-refractivity contribution in [3.63, 3.8) is 0 Å². The molecule has 128 valence electrons. The van der Waals surface area contributed by atoms with E-state index in [4.69, 9.17) is 4.74 Å². The molecule has 1 amide bonds. The normalized spacial score (nSPS) is 10.6. The van der Waals surface area contributed by atoms with Gasteiger partial charge in [-0.25, -0.2) is 4.68 Å². The number of hydrogen-bond acceptors (Lipinski definition) is 4. The number of hydrogen-bond donors (Lipinski definition) is 1. The van der Waals surface area contributed by atoms with Gasteiger partial charge < -0.3 is 10.1 Å². The molecular formula is C19H20N4O2. The van der Waals surface area contributed by atoms with Gasteiger partial charge >= 0.3 is 0 Å². The Morgan fingerprint density at radius 1 is 1.00 bits per heavy atom. The smallest absolute Gasteiger partial charge is 0.246 e. The van der Waals surface area contributed by atoms with E-state index in [1.54, 1.807) is 4.68 Å². The molecule has 0 aliphatic carbocycles. The lowest BCUT2D eigenvalue weighted by Gasteiger charge is -2.05. The zero-order valence-corrected chi connectivity index (χ0v) is 13.8. The lowest BCUT2D eigenvalue weighted by atomic mass is 10.2. The van der Waals surface area contributed by atoms with Crippen molar-refractivity contribution in [3.05, 3.63) is 83.7 Å². The Morgan fingerprint density at radius 2 is 1.68 bits per heavy atom. The van der Waals surface area contributed by atoms with Crippen molar-refractivity contribution in [2.45, 2.75) is 19.7 Å². The summed E-state index contributed by atoms with van der Waals surface area (Å²) in [5.41, 5.74) is 2.91. The van der Waals surface area contributed by atoms with Crippen molar-refractivity contribution in [1.29, 1.82) is 0 Å². The Labute approximate surface area is 146 Å². The summed E-state index contributed by atoms with van der Waals surface area (Å²) in [6.07, 6.45) is 1.83. The topological polar surface area (TPSA) is 69.0 Å². The SMILES string of the molecule is O=C(COCc1ccccc1)NCc1cn(Cc2ccccc2)nn1. The molecule has 6 nitrogen and oxygen atoms in total. The van der Waals surface area contributed by atoms with Gasteiger partial charge in [0.25, 0.3) is 0 Å². The molecule has 1 N–H and O–H groups in total. The molecule has 2 aromatic carbocycles. The summed E-state index contributed by atoms with van der Waals surface area (Å²) in [4.78, 5) is 11.8. The van der Waals surface area contributed by atoms with Crippen molar-refractivity contribution >= 4 is 5.91 Å². The Kier molecular flexibility index (Phi) is 5.90. The zero-order chi connectivity index (χ0) is 17.3. The van der Waals surface area contributed by atoms with Crippen LogP contribution in [0.2, 0.25) is 0 Å². The fourth-order valence-electron chi connectivity index (χ4n) is 2.34. The predicted octanol–water partition coefficient (Wildman–Crippen LogP) is 2.16. The highest BCUT2D eigenvalue weighted by molar-refractivity contribution is 5.77. The molecule has 3 aromatic rings. The molecule has 1 aromatic heterocycles. The zero-order valence-electron chi connectivity index (χ0n) is 13.8. The van der Waals surface area contributed by atoms with Gasteiger partial charge in [-0.3, -0.25) is 4.79 Å². The molecule has 0 radical (unpaired) electrons. The van der Waals surface area contributed by atoms with Crippen LogP contribution in [0.1, 0.15) is 16.8 Å². The molecule has 0 bridgehead atoms. The molecule has 3 rings (SSSR count). The second-order valence-corrected chi connectivity index (χ2v) is 5.65. The maximum absolute atomic E-state index is 11.8. The number of amides is 1. The van der Waals surface area contributed by atoms with Gasteiger partial charge in [0.15, 0.2) is 0 Å². The summed E-state index contributed by atoms with van der Waals surface area (Å²) >= 11 is 0. The van der Waals surface area contributed by atoms with E-state index in [0.29, 0.717) is 25.4 Å². The number of nitrogens with one attached hydrogen (secondary N) is 1. The summed E-state index contributed by atoms with van der Waals surface area (Å²) in [7, 11) is 0. The first-order chi connectivity index (χ1) is 12.3. The van der Waals surface area contributed by atoms with E-state index in [2.05, 4.69) is 15.6 Å². The van der Waals surface area contributed by atoms with E-state index >= 15 is 0 Å². The minimum Gasteiger partial charge on any atom is -0.367 e. The minimum absolute atomic E-state index is 0.0209. The van der Waals surface area contributed by atoms with Gasteiger partial charge in [-0.15, -0.1) is 5.10 Å². The Bertz CT molecular complexity index is 787. The fraction of sp³-hybridized carbons (Fsp3) is 0.211. The summed E-state index contributed by atoms with van der Waals surface area (Å²) < 4.78 is 7.15. The lowest BCUT2D eigenvalue weighted by molar-refractivity contribution is -0.126. The largest absolute Gasteiger partial charge is 0.367 e. The van der Waals surface area contributed by atoms with E-state index in [-0.39, 0.29) is 12.5 Å². The molecule has 0 aliphatic rings. The third kappa shape index (κ3) is 5.54. The van der Waals surface area contributed by atoms with Crippen molar-refractivity contribution in [2.24, 2.45) is 0 Å². The van der Waals surface area contributed by atoms with E-state index < -0.39 is 0 Å². The highest BCUT2D eigenvalue weighted by atomic mass is 16.5. The van der Waals surface area contributed by atoms with Crippen LogP contribution < -0.4 is 5.32 Å². The highest BCUT2D eigenvalue weighted by Crippen LogP contribution is 2.02. The number of benzene rings is 2. The Morgan fingerprint density at radius 3 is 2.40 bits per heavy atom. The third-order valence-electron chi connectivity index (χ3n) is 3.58. The first-order valence-electron chi connectivity index (χ1n) is 8.11. The van der Waals surface area contributed by atoms with Crippen LogP contribution in [0.4, 0.5) is 0 Å². The van der Waals surface area contributed by atoms with Crippen LogP contribution in [-0.4, -0.2) is 27.5 Å². The van der Waals surface area contributed by atoms with Gasteiger partial charge in [0.1, 0.15) is 12.3 Å². The molecule has 6 heteroatoms. The summed E-state index contributed by atoms with van der Waals surface area (Å²) in [6, 6.07) is 19.8. The number of nitrogens with zero attached hydrogens (tertiary/aromatic N) is 3. The number of aromatic nitrogens is 3. The molecule has 0 fully saturated rings. The number of carbonyl (C=O) groups is 1. The Balaban J connectivity index is 1.39. The fourth-order valence-corrected chi connectivity index (χ4v) is 2.34. The lowest BCUT2D eigenvalue weighted by Crippen LogP contribution is -2.27. The maximum Gasteiger partial charge on any atom is 0.246 e. The monoisotopic (exact) mass is 336 g/mol. The quantitative estimate of drug-likeness (QED) is 0.684. The first kappa shape index (κ1) is 16.9. The average Bonchev–Trinajstić information content (AvgIpc) is 3.09. The van der Waals surface area contributed by atoms with Crippen molar-refractivity contribution in [2.75, 3.05) is 6.61 Å². The van der Waals surface area contributed by atoms with Crippen LogP contribution in [0, 0.1) is 0 Å². The van der Waals surface area contributed by atoms with Gasteiger partial charge in [0, 0.05) is 0 Å². The van der Waals surface area contributed by atoms with E-state index in [0.717, 1.165) is 11.1 Å². The molecule has 0 saturated heterocycles. The second kappa shape index (κ2) is 8.75. The van der Waals surface area contributed by atoms with Crippen LogP contribution >= 0.6 is 0 Å². The van der Waals surface area contributed by atoms with Gasteiger partial charge in [-0.05, 0) is 11.1 Å². The van der Waals surface area contributed by atoms with E-state index in [1.165, 1.54) is 0 Å². The van der Waals surface area contributed by atoms with Gasteiger partial charge in [0.05, 0.1) is 25.9 Å². The number of ether oxygens (including phenoxy) is 1. The highest BCUT2D eigenvalue weighted by Gasteiger charge is 2.05. The summed E-state index contributed by atoms with van der Waals surface area (Å²) in [5.74, 6) is -0.173. The molecule has 0 atom stereocenters. The minimum atomic E-state index is -0.173. The van der Waals surface area contributed by atoms with Crippen LogP contribution in [0.3, 0.4) is 0 Å². The van der Waals surface area contributed by atoms with Crippen LogP contribution in [-0.2, 0) is 29.2 Å². The van der Waals surface area contributed by atoms with Crippen molar-refractivity contribution in [3.8, 4) is 0 Å². The van der Waals surface area contributed by atoms with Crippen molar-refractivity contribution < 1.29 is 9.53 Å². The van der Waals surface area contributed by atoms with E-state index in [9.17, 15) is 4.79 Å². The predicted molar refractivity (Wildman–Crippen MR) is 93.5 cm³/mol. The Hall–Kier alpha value is -2.99. The molecule has 25 heavy (non-hydrogen) atoms. The molecule has 0 unspecified atom stereocenters. The number of rotatable bonds is 8.